The number of aromatic nitrogens is 2. The number of benzene rings is 2. The molecule has 0 atom stereocenters. The third-order valence-electron chi connectivity index (χ3n) is 3.23. The summed E-state index contributed by atoms with van der Waals surface area (Å²) in [4.78, 5) is 12.7. The van der Waals surface area contributed by atoms with Crippen LogP contribution in [0.25, 0.3) is 5.69 Å². The molecule has 2 aromatic carbocycles. The highest BCUT2D eigenvalue weighted by atomic mass is 35.5. The highest BCUT2D eigenvalue weighted by molar-refractivity contribution is 8.00. The van der Waals surface area contributed by atoms with E-state index in [2.05, 4.69) is 5.10 Å². The Hall–Kier alpha value is -2.24. The van der Waals surface area contributed by atoms with Gasteiger partial charge in [0.1, 0.15) is 12.3 Å². The van der Waals surface area contributed by atoms with Crippen molar-refractivity contribution in [1.29, 1.82) is 0 Å². The number of nitrogens with zero attached hydrogens (tertiary/aromatic N) is 2. The number of hydrogen-bond donors (Lipinski definition) is 0. The molecule has 122 valence electrons. The van der Waals surface area contributed by atoms with E-state index in [-0.39, 0.29) is 18.3 Å². The molecular weight excluding hydrogens is 344 g/mol. The van der Waals surface area contributed by atoms with Crippen molar-refractivity contribution in [1.82, 2.24) is 9.78 Å². The molecule has 1 heterocycles. The summed E-state index contributed by atoms with van der Waals surface area (Å²) in [7, 11) is 0. The fourth-order valence-corrected chi connectivity index (χ4v) is 3.09. The number of halogens is 1. The molecule has 0 amide bonds. The molecule has 24 heavy (non-hydrogen) atoms. The Morgan fingerprint density at radius 3 is 2.62 bits per heavy atom. The number of esters is 1. The highest BCUT2D eigenvalue weighted by Crippen LogP contribution is 2.26. The molecule has 0 N–H and O–H groups in total. The van der Waals surface area contributed by atoms with Gasteiger partial charge in [0, 0.05) is 11.1 Å². The van der Waals surface area contributed by atoms with Crippen molar-refractivity contribution >= 4 is 29.3 Å². The van der Waals surface area contributed by atoms with Crippen LogP contribution in [0.4, 0.5) is 0 Å². The molecule has 1 aromatic heterocycles. The van der Waals surface area contributed by atoms with Crippen LogP contribution in [-0.4, -0.2) is 21.5 Å². The smallest absolute Gasteiger partial charge is 0.316 e. The van der Waals surface area contributed by atoms with Crippen molar-refractivity contribution in [3.8, 4) is 5.69 Å². The molecule has 0 saturated heterocycles. The van der Waals surface area contributed by atoms with E-state index in [1.54, 1.807) is 10.7 Å². The standard InChI is InChI=1S/C18H15ClN2O2S/c19-16-8-4-5-9-17(16)24-13-18(22)23-12-14-10-11-21(20-14)15-6-2-1-3-7-15/h1-11H,12-13H2. The number of thioether (sulfide) groups is 1. The van der Waals surface area contributed by atoms with E-state index < -0.39 is 0 Å². The molecule has 0 unspecified atom stereocenters. The quantitative estimate of drug-likeness (QED) is 0.485. The second kappa shape index (κ2) is 8.04. The summed E-state index contributed by atoms with van der Waals surface area (Å²) in [5, 5.41) is 5.03. The highest BCUT2D eigenvalue weighted by Gasteiger charge is 2.08. The van der Waals surface area contributed by atoms with E-state index in [9.17, 15) is 4.79 Å². The van der Waals surface area contributed by atoms with Gasteiger partial charge in [-0.1, -0.05) is 41.9 Å². The Labute approximate surface area is 149 Å². The lowest BCUT2D eigenvalue weighted by molar-refractivity contribution is -0.141. The minimum Gasteiger partial charge on any atom is -0.458 e. The Morgan fingerprint density at radius 2 is 1.83 bits per heavy atom. The first-order valence-electron chi connectivity index (χ1n) is 7.35. The van der Waals surface area contributed by atoms with Gasteiger partial charge in [0.2, 0.25) is 0 Å². The van der Waals surface area contributed by atoms with Crippen molar-refractivity contribution in [2.75, 3.05) is 5.75 Å². The number of hydrogen-bond acceptors (Lipinski definition) is 4. The molecule has 0 fully saturated rings. The zero-order valence-corrected chi connectivity index (χ0v) is 14.3. The van der Waals surface area contributed by atoms with Gasteiger partial charge in [0.15, 0.2) is 0 Å². The third kappa shape index (κ3) is 4.40. The van der Waals surface area contributed by atoms with Crippen molar-refractivity contribution in [3.05, 3.63) is 77.6 Å². The van der Waals surface area contributed by atoms with E-state index in [1.807, 2.05) is 60.8 Å². The number of rotatable bonds is 6. The van der Waals surface area contributed by atoms with Crippen molar-refractivity contribution in [2.45, 2.75) is 11.5 Å². The normalized spacial score (nSPS) is 10.5. The number of carbonyl (C=O) groups is 1. The van der Waals surface area contributed by atoms with E-state index in [0.717, 1.165) is 10.6 Å². The predicted molar refractivity (Wildman–Crippen MR) is 95.5 cm³/mol. The zero-order chi connectivity index (χ0) is 16.8. The first-order valence-corrected chi connectivity index (χ1v) is 8.71. The van der Waals surface area contributed by atoms with Crippen LogP contribution in [0.5, 0.6) is 0 Å². The van der Waals surface area contributed by atoms with E-state index in [1.165, 1.54) is 11.8 Å². The molecule has 4 nitrogen and oxygen atoms in total. The van der Waals surface area contributed by atoms with Crippen LogP contribution in [0.3, 0.4) is 0 Å². The maximum atomic E-state index is 11.9. The molecule has 6 heteroatoms. The van der Waals surface area contributed by atoms with Crippen molar-refractivity contribution in [2.24, 2.45) is 0 Å². The first kappa shape index (κ1) is 16.6. The summed E-state index contributed by atoms with van der Waals surface area (Å²) in [6, 6.07) is 19.0. The fourth-order valence-electron chi connectivity index (χ4n) is 2.06. The lowest BCUT2D eigenvalue weighted by atomic mass is 10.3. The van der Waals surface area contributed by atoms with Crippen LogP contribution in [0, 0.1) is 0 Å². The topological polar surface area (TPSA) is 44.1 Å². The predicted octanol–water partition coefficient (Wildman–Crippen LogP) is 4.36. The molecule has 0 aliphatic carbocycles. The Bertz CT molecular complexity index is 821. The van der Waals surface area contributed by atoms with Gasteiger partial charge in [0.25, 0.3) is 0 Å². The van der Waals surface area contributed by atoms with Gasteiger partial charge in [-0.25, -0.2) is 4.68 Å². The van der Waals surface area contributed by atoms with Crippen LogP contribution < -0.4 is 0 Å². The Kier molecular flexibility index (Phi) is 5.56. The number of ether oxygens (including phenoxy) is 1. The van der Waals surface area contributed by atoms with Crippen molar-refractivity contribution < 1.29 is 9.53 Å². The summed E-state index contributed by atoms with van der Waals surface area (Å²) >= 11 is 7.42. The second-order valence-corrected chi connectivity index (χ2v) is 6.39. The molecule has 0 bridgehead atoms. The van der Waals surface area contributed by atoms with Crippen LogP contribution >= 0.6 is 23.4 Å². The summed E-state index contributed by atoms with van der Waals surface area (Å²) in [5.74, 6) is -0.0856. The lowest BCUT2D eigenvalue weighted by Crippen LogP contribution is -2.08. The molecule has 0 saturated carbocycles. The van der Waals surface area contributed by atoms with Gasteiger partial charge in [-0.15, -0.1) is 11.8 Å². The third-order valence-corrected chi connectivity index (χ3v) is 4.72. The van der Waals surface area contributed by atoms with Crippen molar-refractivity contribution in [3.63, 3.8) is 0 Å². The zero-order valence-electron chi connectivity index (χ0n) is 12.8. The van der Waals surface area contributed by atoms with Crippen LogP contribution in [0.15, 0.2) is 71.8 Å². The average Bonchev–Trinajstić information content (AvgIpc) is 3.09. The largest absolute Gasteiger partial charge is 0.458 e. The monoisotopic (exact) mass is 358 g/mol. The van der Waals surface area contributed by atoms with Gasteiger partial charge >= 0.3 is 5.97 Å². The fraction of sp³-hybridized carbons (Fsp3) is 0.111. The molecule has 0 radical (unpaired) electrons. The van der Waals surface area contributed by atoms with Gasteiger partial charge < -0.3 is 4.74 Å². The first-order chi connectivity index (χ1) is 11.7. The molecule has 0 aliphatic heterocycles. The van der Waals surface area contributed by atoms with Crippen LogP contribution in [0.1, 0.15) is 5.69 Å². The van der Waals surface area contributed by atoms with Crippen LogP contribution in [0.2, 0.25) is 5.02 Å². The van der Waals surface area contributed by atoms with Gasteiger partial charge in [-0.3, -0.25) is 4.79 Å². The average molecular weight is 359 g/mol. The summed E-state index contributed by atoms with van der Waals surface area (Å²) in [6.45, 7) is 0.155. The summed E-state index contributed by atoms with van der Waals surface area (Å²) in [5.41, 5.74) is 1.67. The van der Waals surface area contributed by atoms with E-state index in [4.69, 9.17) is 16.3 Å². The molecular formula is C18H15ClN2O2S. The molecule has 0 aliphatic rings. The molecule has 3 rings (SSSR count). The SMILES string of the molecule is O=C(CSc1ccccc1Cl)OCc1ccn(-c2ccccc2)n1. The Balaban J connectivity index is 1.50. The maximum absolute atomic E-state index is 11.9. The van der Waals surface area contributed by atoms with Gasteiger partial charge in [-0.05, 0) is 30.3 Å². The number of para-hydroxylation sites is 1. The minimum absolute atomic E-state index is 0.155. The summed E-state index contributed by atoms with van der Waals surface area (Å²) < 4.78 is 7.01. The van der Waals surface area contributed by atoms with Crippen LogP contribution in [-0.2, 0) is 16.1 Å². The molecule has 3 aromatic rings. The van der Waals surface area contributed by atoms with E-state index >= 15 is 0 Å². The lowest BCUT2D eigenvalue weighted by Gasteiger charge is -2.04. The number of carbonyl (C=O) groups excluding carboxylic acids is 1. The van der Waals surface area contributed by atoms with Gasteiger partial charge in [-0.2, -0.15) is 5.10 Å². The molecule has 0 spiro atoms. The maximum Gasteiger partial charge on any atom is 0.316 e. The second-order valence-electron chi connectivity index (χ2n) is 4.97. The Morgan fingerprint density at radius 1 is 1.08 bits per heavy atom. The van der Waals surface area contributed by atoms with Gasteiger partial charge in [0.05, 0.1) is 16.5 Å². The summed E-state index contributed by atoms with van der Waals surface area (Å²) in [6.07, 6.45) is 1.84. The minimum atomic E-state index is -0.297. The van der Waals surface area contributed by atoms with E-state index in [0.29, 0.717) is 10.7 Å².